The topological polar surface area (TPSA) is 20.2 Å². The molecule has 33 heavy (non-hydrogen) atoms. The Bertz CT molecular complexity index is 939. The standard InChI is InChI=1S/C30H38F2O/c1-3-4-5-21-6-8-22(9-7-21)23-10-12-24(13-11-23)25-14-16-26(17-15-25)28-19-18-27(20(2)33)29(31)30(28)32/h10,12,14-24,33H,3-9,11,13H2,1-2H3. The van der Waals surface area contributed by atoms with E-state index in [-0.39, 0.29) is 11.1 Å². The van der Waals surface area contributed by atoms with Crippen molar-refractivity contribution in [3.05, 3.63) is 71.3 Å². The van der Waals surface area contributed by atoms with Crippen LogP contribution < -0.4 is 0 Å². The molecule has 2 aliphatic carbocycles. The first-order chi connectivity index (χ1) is 16.0. The third kappa shape index (κ3) is 5.57. The van der Waals surface area contributed by atoms with Gasteiger partial charge in [0.15, 0.2) is 11.6 Å². The quantitative estimate of drug-likeness (QED) is 0.416. The molecule has 2 aliphatic rings. The molecular formula is C30H38F2O. The van der Waals surface area contributed by atoms with Crippen molar-refractivity contribution in [2.45, 2.75) is 83.7 Å². The number of hydrogen-bond donors (Lipinski definition) is 1. The Balaban J connectivity index is 1.37. The number of unbranched alkanes of at least 4 members (excludes halogenated alkanes) is 1. The third-order valence-corrected chi connectivity index (χ3v) is 8.08. The molecule has 3 atom stereocenters. The van der Waals surface area contributed by atoms with Crippen molar-refractivity contribution in [2.75, 3.05) is 0 Å². The number of benzene rings is 2. The second kappa shape index (κ2) is 11.0. The zero-order chi connectivity index (χ0) is 23.4. The van der Waals surface area contributed by atoms with Crippen LogP contribution in [0.5, 0.6) is 0 Å². The molecule has 0 amide bonds. The number of hydrogen-bond acceptors (Lipinski definition) is 1. The maximum Gasteiger partial charge on any atom is 0.167 e. The average Bonchev–Trinajstić information content (AvgIpc) is 2.85. The predicted octanol–water partition coefficient (Wildman–Crippen LogP) is 8.73. The minimum absolute atomic E-state index is 0.00999. The maximum absolute atomic E-state index is 14.6. The van der Waals surface area contributed by atoms with E-state index in [9.17, 15) is 13.9 Å². The van der Waals surface area contributed by atoms with E-state index in [2.05, 4.69) is 19.1 Å². The van der Waals surface area contributed by atoms with Crippen LogP contribution in [-0.4, -0.2) is 5.11 Å². The van der Waals surface area contributed by atoms with Gasteiger partial charge in [0, 0.05) is 17.0 Å². The van der Waals surface area contributed by atoms with Crippen LogP contribution in [0.1, 0.15) is 94.8 Å². The lowest BCUT2D eigenvalue weighted by molar-refractivity contribution is 0.193. The van der Waals surface area contributed by atoms with E-state index < -0.39 is 17.7 Å². The van der Waals surface area contributed by atoms with Crippen LogP contribution >= 0.6 is 0 Å². The normalized spacial score (nSPS) is 26.3. The van der Waals surface area contributed by atoms with E-state index in [0.717, 1.165) is 24.2 Å². The Morgan fingerprint density at radius 3 is 2.21 bits per heavy atom. The first-order valence-electron chi connectivity index (χ1n) is 12.9. The average molecular weight is 453 g/mol. The van der Waals surface area contributed by atoms with Gasteiger partial charge in [-0.3, -0.25) is 0 Å². The molecule has 0 bridgehead atoms. The van der Waals surface area contributed by atoms with E-state index >= 15 is 0 Å². The van der Waals surface area contributed by atoms with Gasteiger partial charge in [-0.25, -0.2) is 8.78 Å². The van der Waals surface area contributed by atoms with E-state index in [1.807, 2.05) is 24.3 Å². The molecule has 1 saturated carbocycles. The van der Waals surface area contributed by atoms with Crippen molar-refractivity contribution in [3.8, 4) is 11.1 Å². The Kier molecular flexibility index (Phi) is 8.01. The van der Waals surface area contributed by atoms with Crippen molar-refractivity contribution < 1.29 is 13.9 Å². The molecule has 178 valence electrons. The van der Waals surface area contributed by atoms with E-state index in [1.165, 1.54) is 69.9 Å². The summed E-state index contributed by atoms with van der Waals surface area (Å²) in [6.45, 7) is 3.73. The van der Waals surface area contributed by atoms with Crippen molar-refractivity contribution >= 4 is 0 Å². The summed E-state index contributed by atoms with van der Waals surface area (Å²) >= 11 is 0. The van der Waals surface area contributed by atoms with Gasteiger partial charge in [0.2, 0.25) is 0 Å². The number of aliphatic hydroxyl groups is 1. The van der Waals surface area contributed by atoms with Crippen molar-refractivity contribution in [1.82, 2.24) is 0 Å². The summed E-state index contributed by atoms with van der Waals surface area (Å²) in [6, 6.07) is 10.9. The molecule has 2 aromatic carbocycles. The fourth-order valence-electron chi connectivity index (χ4n) is 5.93. The van der Waals surface area contributed by atoms with Crippen LogP contribution in [-0.2, 0) is 0 Å². The highest BCUT2D eigenvalue weighted by molar-refractivity contribution is 5.65. The van der Waals surface area contributed by atoms with Gasteiger partial charge >= 0.3 is 0 Å². The highest BCUT2D eigenvalue weighted by Crippen LogP contribution is 2.41. The SMILES string of the molecule is CCCCC1CCC(C2C=CC(c3ccc(-c4ccc(C(C)O)c(F)c4F)cc3)CC2)CC1. The smallest absolute Gasteiger partial charge is 0.167 e. The summed E-state index contributed by atoms with van der Waals surface area (Å²) in [6.07, 6.45) is 15.9. The molecule has 1 fully saturated rings. The number of rotatable bonds is 7. The molecule has 0 aromatic heterocycles. The van der Waals surface area contributed by atoms with Crippen LogP contribution in [0.2, 0.25) is 0 Å². The van der Waals surface area contributed by atoms with Gasteiger partial charge in [0.1, 0.15) is 0 Å². The Morgan fingerprint density at radius 2 is 1.61 bits per heavy atom. The van der Waals surface area contributed by atoms with Crippen LogP contribution in [0.25, 0.3) is 11.1 Å². The minimum Gasteiger partial charge on any atom is -0.389 e. The Hall–Kier alpha value is -2.00. The first kappa shape index (κ1) is 24.1. The second-order valence-corrected chi connectivity index (χ2v) is 10.3. The van der Waals surface area contributed by atoms with Gasteiger partial charge in [0.05, 0.1) is 6.10 Å². The molecule has 4 rings (SSSR count). The molecule has 0 spiro atoms. The summed E-state index contributed by atoms with van der Waals surface area (Å²) in [5, 5.41) is 9.60. The van der Waals surface area contributed by atoms with Crippen LogP contribution in [0.15, 0.2) is 48.6 Å². The zero-order valence-electron chi connectivity index (χ0n) is 20.1. The third-order valence-electron chi connectivity index (χ3n) is 8.08. The van der Waals surface area contributed by atoms with Gasteiger partial charge in [0.25, 0.3) is 0 Å². The molecule has 3 unspecified atom stereocenters. The van der Waals surface area contributed by atoms with Crippen molar-refractivity contribution in [1.29, 1.82) is 0 Å². The molecule has 0 aliphatic heterocycles. The summed E-state index contributed by atoms with van der Waals surface area (Å²) < 4.78 is 28.9. The molecule has 1 nitrogen and oxygen atoms in total. The van der Waals surface area contributed by atoms with E-state index in [1.54, 1.807) is 6.07 Å². The van der Waals surface area contributed by atoms with Crippen molar-refractivity contribution in [3.63, 3.8) is 0 Å². The molecule has 2 aromatic rings. The van der Waals surface area contributed by atoms with Crippen LogP contribution in [0.4, 0.5) is 8.78 Å². The number of halogens is 2. The zero-order valence-corrected chi connectivity index (χ0v) is 20.1. The highest BCUT2D eigenvalue weighted by atomic mass is 19.2. The number of aliphatic hydroxyl groups excluding tert-OH is 1. The molecule has 1 N–H and O–H groups in total. The Labute approximate surface area is 197 Å². The molecular weight excluding hydrogens is 414 g/mol. The monoisotopic (exact) mass is 452 g/mol. The van der Waals surface area contributed by atoms with Crippen molar-refractivity contribution in [2.24, 2.45) is 17.8 Å². The molecule has 3 heteroatoms. The van der Waals surface area contributed by atoms with Gasteiger partial charge in [-0.1, -0.05) is 87.6 Å². The van der Waals surface area contributed by atoms with Crippen LogP contribution in [0.3, 0.4) is 0 Å². The predicted molar refractivity (Wildman–Crippen MR) is 132 cm³/mol. The lowest BCUT2D eigenvalue weighted by atomic mass is 9.70. The van der Waals surface area contributed by atoms with Crippen LogP contribution in [0, 0.1) is 29.4 Å². The largest absolute Gasteiger partial charge is 0.389 e. The minimum atomic E-state index is -1.03. The first-order valence-corrected chi connectivity index (χ1v) is 12.9. The summed E-state index contributed by atoms with van der Waals surface area (Å²) in [7, 11) is 0. The molecule has 0 radical (unpaired) electrons. The van der Waals surface area contributed by atoms with E-state index in [4.69, 9.17) is 0 Å². The molecule has 0 heterocycles. The summed E-state index contributed by atoms with van der Waals surface area (Å²) in [5.41, 5.74) is 2.12. The van der Waals surface area contributed by atoms with Gasteiger partial charge < -0.3 is 5.11 Å². The van der Waals surface area contributed by atoms with Gasteiger partial charge in [-0.05, 0) is 61.5 Å². The summed E-state index contributed by atoms with van der Waals surface area (Å²) in [4.78, 5) is 0. The number of allylic oxidation sites excluding steroid dienone is 2. The highest BCUT2D eigenvalue weighted by Gasteiger charge is 2.28. The van der Waals surface area contributed by atoms with Gasteiger partial charge in [-0.2, -0.15) is 0 Å². The Morgan fingerprint density at radius 1 is 0.879 bits per heavy atom. The van der Waals surface area contributed by atoms with E-state index in [0.29, 0.717) is 11.5 Å². The fraction of sp³-hybridized carbons (Fsp3) is 0.533. The fourth-order valence-corrected chi connectivity index (χ4v) is 5.93. The second-order valence-electron chi connectivity index (χ2n) is 10.3. The lowest BCUT2D eigenvalue weighted by Gasteiger charge is -2.35. The maximum atomic E-state index is 14.6. The molecule has 0 saturated heterocycles. The lowest BCUT2D eigenvalue weighted by Crippen LogP contribution is -2.23. The van der Waals surface area contributed by atoms with Gasteiger partial charge in [-0.15, -0.1) is 0 Å². The summed E-state index contributed by atoms with van der Waals surface area (Å²) in [5.74, 6) is 1.07.